The molecule has 1 N–H and O–H groups in total. The lowest BCUT2D eigenvalue weighted by Gasteiger charge is -2.18. The molecule has 0 saturated carbocycles. The van der Waals surface area contributed by atoms with Crippen LogP contribution in [0.4, 0.5) is 0 Å². The molecule has 0 radical (unpaired) electrons. The van der Waals surface area contributed by atoms with Crippen molar-refractivity contribution in [2.75, 3.05) is 14.2 Å². The Balaban J connectivity index is 2.09. The van der Waals surface area contributed by atoms with Crippen LogP contribution in [0.25, 0.3) is 0 Å². The topological polar surface area (TPSA) is 65.4 Å². The molecule has 0 unspecified atom stereocenters. The number of nitrogens with one attached hydrogen (secondary N) is 1. The molecule has 1 aromatic carbocycles. The lowest BCUT2D eigenvalue weighted by Crippen LogP contribution is -2.31. The van der Waals surface area contributed by atoms with Crippen LogP contribution in [-0.4, -0.2) is 29.7 Å². The van der Waals surface area contributed by atoms with Crippen LogP contribution in [-0.2, 0) is 11.3 Å². The Morgan fingerprint density at radius 2 is 2.00 bits per heavy atom. The minimum atomic E-state index is -0.332. The lowest BCUT2D eigenvalue weighted by molar-refractivity contribution is -0.124. The molecule has 1 amide bonds. The van der Waals surface area contributed by atoms with E-state index in [9.17, 15) is 4.79 Å². The second-order valence-electron chi connectivity index (χ2n) is 5.89. The van der Waals surface area contributed by atoms with E-state index in [2.05, 4.69) is 24.1 Å². The minimum absolute atomic E-state index is 0.0697. The Kier molecular flexibility index (Phi) is 5.84. The molecule has 0 spiro atoms. The Labute approximate surface area is 142 Å². The Bertz CT molecular complexity index is 695. The number of aromatic nitrogens is 2. The monoisotopic (exact) mass is 331 g/mol. The first kappa shape index (κ1) is 17.8. The SMILES string of the molecule is COc1cccc(CNC(=O)[C@H](C)n2ccnc2C(C)C)c1OC. The van der Waals surface area contributed by atoms with Gasteiger partial charge in [-0.05, 0) is 13.0 Å². The highest BCUT2D eigenvalue weighted by molar-refractivity contribution is 5.80. The molecule has 0 fully saturated rings. The fourth-order valence-electron chi connectivity index (χ4n) is 2.65. The quantitative estimate of drug-likeness (QED) is 0.847. The first-order chi connectivity index (χ1) is 11.5. The van der Waals surface area contributed by atoms with Crippen molar-refractivity contribution in [1.29, 1.82) is 0 Å². The van der Waals surface area contributed by atoms with E-state index in [1.807, 2.05) is 35.9 Å². The van der Waals surface area contributed by atoms with Crippen LogP contribution in [0.5, 0.6) is 11.5 Å². The van der Waals surface area contributed by atoms with Crippen LogP contribution in [0.1, 0.15) is 44.1 Å². The summed E-state index contributed by atoms with van der Waals surface area (Å²) in [5, 5.41) is 2.96. The number of amides is 1. The van der Waals surface area contributed by atoms with Gasteiger partial charge in [0, 0.05) is 30.4 Å². The second-order valence-corrected chi connectivity index (χ2v) is 5.89. The second kappa shape index (κ2) is 7.86. The number of benzene rings is 1. The van der Waals surface area contributed by atoms with E-state index >= 15 is 0 Å². The Morgan fingerprint density at radius 3 is 2.62 bits per heavy atom. The summed E-state index contributed by atoms with van der Waals surface area (Å²) in [4.78, 5) is 16.8. The average Bonchev–Trinajstić information content (AvgIpc) is 3.08. The smallest absolute Gasteiger partial charge is 0.243 e. The van der Waals surface area contributed by atoms with Crippen molar-refractivity contribution >= 4 is 5.91 Å². The fourth-order valence-corrected chi connectivity index (χ4v) is 2.65. The van der Waals surface area contributed by atoms with Crippen molar-refractivity contribution in [3.63, 3.8) is 0 Å². The summed E-state index contributed by atoms with van der Waals surface area (Å²) in [7, 11) is 3.18. The zero-order chi connectivity index (χ0) is 17.7. The summed E-state index contributed by atoms with van der Waals surface area (Å²) in [5.74, 6) is 2.37. The molecule has 0 saturated heterocycles. The molecular formula is C18H25N3O3. The van der Waals surface area contributed by atoms with E-state index in [0.717, 1.165) is 11.4 Å². The van der Waals surface area contributed by atoms with Gasteiger partial charge in [0.15, 0.2) is 11.5 Å². The summed E-state index contributed by atoms with van der Waals surface area (Å²) < 4.78 is 12.6. The molecule has 6 heteroatoms. The van der Waals surface area contributed by atoms with Gasteiger partial charge in [-0.15, -0.1) is 0 Å². The van der Waals surface area contributed by atoms with Gasteiger partial charge in [-0.1, -0.05) is 26.0 Å². The van der Waals surface area contributed by atoms with Crippen molar-refractivity contribution in [3.05, 3.63) is 42.0 Å². The van der Waals surface area contributed by atoms with Crippen LogP contribution in [0.3, 0.4) is 0 Å². The first-order valence-electron chi connectivity index (χ1n) is 7.99. The summed E-state index contributed by atoms with van der Waals surface area (Å²) in [6, 6.07) is 5.27. The van der Waals surface area contributed by atoms with Crippen LogP contribution in [0.15, 0.2) is 30.6 Å². The summed E-state index contributed by atoms with van der Waals surface area (Å²) in [6.45, 7) is 6.36. The number of hydrogen-bond donors (Lipinski definition) is 1. The molecule has 0 aliphatic rings. The van der Waals surface area contributed by atoms with Gasteiger partial charge in [0.2, 0.25) is 5.91 Å². The summed E-state index contributed by atoms with van der Waals surface area (Å²) in [6.07, 6.45) is 3.57. The van der Waals surface area contributed by atoms with E-state index in [-0.39, 0.29) is 17.9 Å². The maximum atomic E-state index is 12.5. The number of carbonyl (C=O) groups is 1. The van der Waals surface area contributed by atoms with Crippen molar-refractivity contribution in [3.8, 4) is 11.5 Å². The number of methoxy groups -OCH3 is 2. The molecular weight excluding hydrogens is 306 g/mol. The predicted octanol–water partition coefficient (Wildman–Crippen LogP) is 2.90. The Morgan fingerprint density at radius 1 is 1.25 bits per heavy atom. The third kappa shape index (κ3) is 3.69. The highest BCUT2D eigenvalue weighted by atomic mass is 16.5. The van der Waals surface area contributed by atoms with Crippen LogP contribution < -0.4 is 14.8 Å². The summed E-state index contributed by atoms with van der Waals surface area (Å²) in [5.41, 5.74) is 0.868. The minimum Gasteiger partial charge on any atom is -0.493 e. The van der Waals surface area contributed by atoms with E-state index in [1.165, 1.54) is 0 Å². The molecule has 2 aromatic rings. The molecule has 2 rings (SSSR count). The van der Waals surface area contributed by atoms with Gasteiger partial charge in [-0.2, -0.15) is 0 Å². The molecule has 130 valence electrons. The standard InChI is InChI=1S/C18H25N3O3/c1-12(2)17-19-9-10-21(17)13(3)18(22)20-11-14-7-6-8-15(23-4)16(14)24-5/h6-10,12-13H,11H2,1-5H3,(H,20,22)/t13-/m0/s1. The van der Waals surface area contributed by atoms with Crippen LogP contribution in [0, 0.1) is 0 Å². The van der Waals surface area contributed by atoms with E-state index in [1.54, 1.807) is 20.4 Å². The Hall–Kier alpha value is -2.50. The molecule has 0 aliphatic heterocycles. The van der Waals surface area contributed by atoms with Crippen molar-refractivity contribution < 1.29 is 14.3 Å². The van der Waals surface area contributed by atoms with Crippen molar-refractivity contribution in [1.82, 2.24) is 14.9 Å². The molecule has 0 aliphatic carbocycles. The highest BCUT2D eigenvalue weighted by Crippen LogP contribution is 2.30. The molecule has 6 nitrogen and oxygen atoms in total. The van der Waals surface area contributed by atoms with Gasteiger partial charge in [0.05, 0.1) is 14.2 Å². The lowest BCUT2D eigenvalue weighted by atomic mass is 10.1. The largest absolute Gasteiger partial charge is 0.493 e. The zero-order valence-electron chi connectivity index (χ0n) is 14.9. The molecule has 1 atom stereocenters. The number of imidazole rings is 1. The summed E-state index contributed by atoms with van der Waals surface area (Å²) >= 11 is 0. The zero-order valence-corrected chi connectivity index (χ0v) is 14.9. The van der Waals surface area contributed by atoms with E-state index in [0.29, 0.717) is 18.0 Å². The van der Waals surface area contributed by atoms with Gasteiger partial charge in [0.1, 0.15) is 11.9 Å². The predicted molar refractivity (Wildman–Crippen MR) is 92.4 cm³/mol. The molecule has 1 aromatic heterocycles. The average molecular weight is 331 g/mol. The van der Waals surface area contributed by atoms with Gasteiger partial charge < -0.3 is 19.4 Å². The van der Waals surface area contributed by atoms with Gasteiger partial charge in [0.25, 0.3) is 0 Å². The highest BCUT2D eigenvalue weighted by Gasteiger charge is 2.19. The number of para-hydroxylation sites is 1. The van der Waals surface area contributed by atoms with Gasteiger partial charge >= 0.3 is 0 Å². The third-order valence-corrected chi connectivity index (χ3v) is 3.95. The fraction of sp³-hybridized carbons (Fsp3) is 0.444. The van der Waals surface area contributed by atoms with Crippen LogP contribution >= 0.6 is 0 Å². The molecule has 24 heavy (non-hydrogen) atoms. The van der Waals surface area contributed by atoms with Crippen LogP contribution in [0.2, 0.25) is 0 Å². The number of hydrogen-bond acceptors (Lipinski definition) is 4. The van der Waals surface area contributed by atoms with Crippen molar-refractivity contribution in [2.45, 2.75) is 39.3 Å². The maximum absolute atomic E-state index is 12.5. The normalized spacial score (nSPS) is 12.1. The number of rotatable bonds is 7. The van der Waals surface area contributed by atoms with E-state index in [4.69, 9.17) is 9.47 Å². The first-order valence-corrected chi connectivity index (χ1v) is 7.99. The number of carbonyl (C=O) groups excluding carboxylic acids is 1. The van der Waals surface area contributed by atoms with Crippen molar-refractivity contribution in [2.24, 2.45) is 0 Å². The number of ether oxygens (including phenoxy) is 2. The van der Waals surface area contributed by atoms with E-state index < -0.39 is 0 Å². The van der Waals surface area contributed by atoms with Gasteiger partial charge in [-0.25, -0.2) is 4.98 Å². The maximum Gasteiger partial charge on any atom is 0.243 e. The van der Waals surface area contributed by atoms with Gasteiger partial charge in [-0.3, -0.25) is 4.79 Å². The molecule has 1 heterocycles. The third-order valence-electron chi connectivity index (χ3n) is 3.95. The number of nitrogens with zero attached hydrogens (tertiary/aromatic N) is 2. The molecule has 0 bridgehead atoms.